The monoisotopic (exact) mass is 442 g/mol. The van der Waals surface area contributed by atoms with Crippen LogP contribution in [-0.2, 0) is 19.7 Å². The zero-order valence-electron chi connectivity index (χ0n) is 14.8. The van der Waals surface area contributed by atoms with Crippen LogP contribution in [0, 0.1) is 10.4 Å². The average Bonchev–Trinajstić information content (AvgIpc) is 2.65. The molecule has 2 unspecified atom stereocenters. The van der Waals surface area contributed by atoms with Crippen LogP contribution in [0.2, 0.25) is 0 Å². The highest BCUT2D eigenvalue weighted by Gasteiger charge is 2.17. The molecule has 2 aromatic carbocycles. The van der Waals surface area contributed by atoms with Crippen LogP contribution in [0.15, 0.2) is 59.3 Å². The molecule has 0 bridgehead atoms. The van der Waals surface area contributed by atoms with E-state index in [4.69, 9.17) is 10.4 Å². The van der Waals surface area contributed by atoms with Gasteiger partial charge < -0.3 is 10.4 Å². The highest BCUT2D eigenvalue weighted by Crippen LogP contribution is 2.12. The Morgan fingerprint density at radius 3 is 1.28 bits per heavy atom. The third-order valence-electron chi connectivity index (χ3n) is 3.58. The Balaban J connectivity index is 2.07. The molecular formula is C17H18N2O8S2. The van der Waals surface area contributed by atoms with E-state index in [1.807, 2.05) is 0 Å². The normalized spacial score (nSPS) is 15.0. The molecule has 0 fully saturated rings. The van der Waals surface area contributed by atoms with Crippen molar-refractivity contribution in [1.82, 2.24) is 0 Å². The zero-order chi connectivity index (χ0) is 21.7. The zero-order valence-corrected chi connectivity index (χ0v) is 16.4. The Morgan fingerprint density at radius 2 is 1.00 bits per heavy atom. The summed E-state index contributed by atoms with van der Waals surface area (Å²) < 4.78 is 48.3. The van der Waals surface area contributed by atoms with Crippen molar-refractivity contribution in [3.05, 3.63) is 80.9 Å². The first kappa shape index (κ1) is 22.9. The van der Waals surface area contributed by atoms with Gasteiger partial charge in [-0.25, -0.2) is 27.3 Å². The van der Waals surface area contributed by atoms with Crippen LogP contribution in [0.3, 0.4) is 0 Å². The Morgan fingerprint density at radius 1 is 0.690 bits per heavy atom. The lowest BCUT2D eigenvalue weighted by Gasteiger charge is -2.10. The minimum Gasteiger partial charge on any atom is -0.595 e. The van der Waals surface area contributed by atoms with Crippen molar-refractivity contribution in [1.29, 1.82) is 0 Å². The summed E-state index contributed by atoms with van der Waals surface area (Å²) in [6.07, 6.45) is 2.34. The first-order chi connectivity index (χ1) is 13.5. The third kappa shape index (κ3) is 7.49. The molecule has 0 spiro atoms. The van der Waals surface area contributed by atoms with Gasteiger partial charge in [0.1, 0.15) is 0 Å². The molecule has 2 atom stereocenters. The van der Waals surface area contributed by atoms with Crippen LogP contribution < -0.4 is 10.5 Å². The number of nitrogens with one attached hydrogen (secondary N) is 2. The highest BCUT2D eigenvalue weighted by molar-refractivity contribution is 8.10. The number of sulfone groups is 2. The van der Waals surface area contributed by atoms with Crippen molar-refractivity contribution in [3.8, 4) is 0 Å². The van der Waals surface area contributed by atoms with E-state index >= 15 is 0 Å². The summed E-state index contributed by atoms with van der Waals surface area (Å²) in [6, 6.07) is 10.8. The van der Waals surface area contributed by atoms with Gasteiger partial charge in [0, 0.05) is 35.1 Å². The molecule has 10 nitrogen and oxygen atoms in total. The molecule has 2 aromatic rings. The lowest BCUT2D eigenvalue weighted by atomic mass is 10.2. The molecule has 156 valence electrons. The summed E-state index contributed by atoms with van der Waals surface area (Å²) in [7, 11) is -8.20. The van der Waals surface area contributed by atoms with E-state index in [0.717, 1.165) is 10.8 Å². The molecule has 0 aliphatic carbocycles. The van der Waals surface area contributed by atoms with Crippen molar-refractivity contribution in [2.24, 2.45) is 0 Å². The average molecular weight is 442 g/mol. The van der Waals surface area contributed by atoms with Gasteiger partial charge in [0.15, 0.2) is 36.1 Å². The van der Waals surface area contributed by atoms with Crippen molar-refractivity contribution < 1.29 is 37.7 Å². The van der Waals surface area contributed by atoms with E-state index < -0.39 is 35.2 Å². The SMILES string of the molecule is O=S(=O)(/C=C/c1ccc([NH+]([O-])O)cc1)CS(=O)(=O)/C=C/c1ccc([NH+]([O-])O)cc1. The summed E-state index contributed by atoms with van der Waals surface area (Å²) in [4.78, 5) is 0. The van der Waals surface area contributed by atoms with Crippen molar-refractivity contribution in [3.63, 3.8) is 0 Å². The summed E-state index contributed by atoms with van der Waals surface area (Å²) in [5.41, 5.74) is 0.860. The van der Waals surface area contributed by atoms with E-state index in [0.29, 0.717) is 11.1 Å². The van der Waals surface area contributed by atoms with Gasteiger partial charge in [-0.15, -0.1) is 0 Å². The number of quaternary nitrogens is 2. The second kappa shape index (κ2) is 9.39. The molecule has 0 amide bonds. The highest BCUT2D eigenvalue weighted by atomic mass is 32.3. The first-order valence-corrected chi connectivity index (χ1v) is 11.4. The molecule has 0 aliphatic heterocycles. The first-order valence-electron chi connectivity index (χ1n) is 7.96. The standard InChI is InChI=1S/C17H18N2O8S2/c20-18(21)16-5-1-14(2-6-16)9-11-28(24,25)13-29(26,27)12-10-15-3-7-17(8-4-15)19(22)23/h1-12,18-20,22H,13H2/b11-9+,12-10+. The van der Waals surface area contributed by atoms with Crippen LogP contribution in [0.1, 0.15) is 11.1 Å². The van der Waals surface area contributed by atoms with E-state index in [1.54, 1.807) is 0 Å². The molecule has 0 saturated carbocycles. The van der Waals surface area contributed by atoms with Crippen LogP contribution in [0.5, 0.6) is 0 Å². The number of benzene rings is 2. The minimum atomic E-state index is -4.10. The molecule has 0 radical (unpaired) electrons. The molecule has 12 heteroatoms. The molecule has 29 heavy (non-hydrogen) atoms. The van der Waals surface area contributed by atoms with Crippen LogP contribution in [0.4, 0.5) is 11.4 Å². The summed E-state index contributed by atoms with van der Waals surface area (Å²) in [5, 5.41) is 37.3. The fourth-order valence-electron chi connectivity index (χ4n) is 2.15. The van der Waals surface area contributed by atoms with Crippen molar-refractivity contribution in [2.45, 2.75) is 0 Å². The maximum atomic E-state index is 12.1. The quantitative estimate of drug-likeness (QED) is 0.412. The van der Waals surface area contributed by atoms with Gasteiger partial charge in [-0.2, -0.15) is 10.5 Å². The van der Waals surface area contributed by atoms with Crippen molar-refractivity contribution in [2.75, 3.05) is 5.08 Å². The fourth-order valence-corrected chi connectivity index (χ4v) is 5.33. The lowest BCUT2D eigenvalue weighted by molar-refractivity contribution is -0.991. The molecule has 0 saturated heterocycles. The van der Waals surface area contributed by atoms with E-state index in [9.17, 15) is 27.3 Å². The Kier molecular flexibility index (Phi) is 7.40. The topological polar surface area (TPSA) is 164 Å². The van der Waals surface area contributed by atoms with E-state index in [2.05, 4.69) is 0 Å². The summed E-state index contributed by atoms with van der Waals surface area (Å²) in [5.74, 6) is 0. The lowest BCUT2D eigenvalue weighted by Crippen LogP contribution is -2.99. The molecule has 2 rings (SSSR count). The molecule has 4 N–H and O–H groups in total. The van der Waals surface area contributed by atoms with E-state index in [-0.39, 0.29) is 11.4 Å². The van der Waals surface area contributed by atoms with Crippen LogP contribution in [-0.4, -0.2) is 32.3 Å². The van der Waals surface area contributed by atoms with E-state index in [1.165, 1.54) is 60.7 Å². The van der Waals surface area contributed by atoms with Crippen molar-refractivity contribution >= 4 is 43.2 Å². The van der Waals surface area contributed by atoms with Gasteiger partial charge in [0.05, 0.1) is 0 Å². The second-order valence-corrected chi connectivity index (χ2v) is 10.0. The van der Waals surface area contributed by atoms with Crippen LogP contribution in [0.25, 0.3) is 12.2 Å². The Labute approximate surface area is 167 Å². The fraction of sp³-hybridized carbons (Fsp3) is 0.0588. The third-order valence-corrected chi connectivity index (χ3v) is 7.31. The predicted octanol–water partition coefficient (Wildman–Crippen LogP) is -0.0779. The smallest absolute Gasteiger partial charge is 0.186 e. The van der Waals surface area contributed by atoms with Crippen LogP contribution >= 0.6 is 0 Å². The van der Waals surface area contributed by atoms with Gasteiger partial charge in [-0.3, -0.25) is 0 Å². The maximum Gasteiger partial charge on any atom is 0.186 e. The molecule has 0 aromatic heterocycles. The maximum absolute atomic E-state index is 12.1. The Hall–Kier alpha value is -2.42. The second-order valence-electron chi connectivity index (χ2n) is 5.90. The molecule has 0 heterocycles. The predicted molar refractivity (Wildman–Crippen MR) is 105 cm³/mol. The largest absolute Gasteiger partial charge is 0.595 e. The van der Waals surface area contributed by atoms with Gasteiger partial charge in [0.2, 0.25) is 0 Å². The summed E-state index contributed by atoms with van der Waals surface area (Å²) in [6.45, 7) is 0. The number of hydrogen-bond donors (Lipinski definition) is 4. The van der Waals surface area contributed by atoms with Gasteiger partial charge in [-0.1, -0.05) is 0 Å². The summed E-state index contributed by atoms with van der Waals surface area (Å²) >= 11 is 0. The Bertz CT molecular complexity index is 1000. The number of hydrogen-bond acceptors (Lipinski definition) is 8. The number of rotatable bonds is 8. The van der Waals surface area contributed by atoms with Gasteiger partial charge >= 0.3 is 0 Å². The van der Waals surface area contributed by atoms with Gasteiger partial charge in [-0.05, 0) is 47.5 Å². The van der Waals surface area contributed by atoms with Gasteiger partial charge in [0.25, 0.3) is 0 Å². The molecular weight excluding hydrogens is 424 g/mol. The molecule has 0 aliphatic rings. The minimum absolute atomic E-state index is 0.0362.